The molecule has 1 unspecified atom stereocenters. The summed E-state index contributed by atoms with van der Waals surface area (Å²) in [5, 5.41) is 12.5. The second kappa shape index (κ2) is 6.09. The van der Waals surface area contributed by atoms with Crippen molar-refractivity contribution in [1.29, 1.82) is 5.26 Å². The van der Waals surface area contributed by atoms with Gasteiger partial charge in [-0.05, 0) is 30.5 Å². The summed E-state index contributed by atoms with van der Waals surface area (Å²) in [6, 6.07) is 10.4. The number of hydrogen-bond acceptors (Lipinski definition) is 4. The molecule has 0 radical (unpaired) electrons. The van der Waals surface area contributed by atoms with Gasteiger partial charge in [0.1, 0.15) is 11.3 Å². The minimum atomic E-state index is -0.0988. The fourth-order valence-electron chi connectivity index (χ4n) is 2.61. The van der Waals surface area contributed by atoms with Crippen molar-refractivity contribution < 1.29 is 0 Å². The highest BCUT2D eigenvalue weighted by atomic mass is 15.0. The van der Waals surface area contributed by atoms with Crippen LogP contribution < -0.4 is 5.32 Å². The predicted molar refractivity (Wildman–Crippen MR) is 91.6 cm³/mol. The molecule has 0 aliphatic carbocycles. The van der Waals surface area contributed by atoms with Gasteiger partial charge in [-0.25, -0.2) is 9.97 Å². The van der Waals surface area contributed by atoms with E-state index in [1.54, 1.807) is 12.5 Å². The molecule has 0 aliphatic heterocycles. The monoisotopic (exact) mass is 305 g/mol. The molecular formula is C18H19N5. The zero-order valence-electron chi connectivity index (χ0n) is 13.5. The number of fused-ring (bicyclic) bond motifs is 1. The Kier molecular flexibility index (Phi) is 3.98. The smallest absolute Gasteiger partial charge is 0.132 e. The zero-order chi connectivity index (χ0) is 16.4. The summed E-state index contributed by atoms with van der Waals surface area (Å²) in [7, 11) is 1.97. The molecule has 5 heteroatoms. The molecule has 116 valence electrons. The van der Waals surface area contributed by atoms with Crippen LogP contribution in [0.25, 0.3) is 11.0 Å². The first-order valence-electron chi connectivity index (χ1n) is 7.69. The van der Waals surface area contributed by atoms with E-state index >= 15 is 0 Å². The second-order valence-electron chi connectivity index (χ2n) is 5.66. The number of anilines is 2. The van der Waals surface area contributed by atoms with Crippen LogP contribution in [0.2, 0.25) is 0 Å². The van der Waals surface area contributed by atoms with Crippen molar-refractivity contribution in [2.24, 2.45) is 7.05 Å². The largest absolute Gasteiger partial charge is 0.340 e. The van der Waals surface area contributed by atoms with Gasteiger partial charge < -0.3 is 9.88 Å². The first kappa shape index (κ1) is 15.0. The summed E-state index contributed by atoms with van der Waals surface area (Å²) in [5.74, 6) is 0.690. The Morgan fingerprint density at radius 1 is 1.30 bits per heavy atom. The molecule has 1 atom stereocenters. The number of benzene rings is 1. The van der Waals surface area contributed by atoms with Crippen LogP contribution in [0.1, 0.15) is 30.9 Å². The standard InChI is InChI=1S/C18H19N5/c1-4-13-7-14(12(2)9-19)5-6-15(13)22-18-8-17-16(10-20-18)21-11-23(17)3/h5-8,10-12H,4H2,1-3H3,(H,20,22). The van der Waals surface area contributed by atoms with E-state index in [4.69, 9.17) is 5.26 Å². The molecule has 0 saturated carbocycles. The molecule has 0 amide bonds. The van der Waals surface area contributed by atoms with Gasteiger partial charge in [-0.15, -0.1) is 0 Å². The van der Waals surface area contributed by atoms with E-state index in [1.165, 1.54) is 5.56 Å². The van der Waals surface area contributed by atoms with Gasteiger partial charge in [-0.2, -0.15) is 5.26 Å². The highest BCUT2D eigenvalue weighted by Crippen LogP contribution is 2.26. The molecular weight excluding hydrogens is 286 g/mol. The van der Waals surface area contributed by atoms with Gasteiger partial charge >= 0.3 is 0 Å². The quantitative estimate of drug-likeness (QED) is 0.794. The molecule has 3 rings (SSSR count). The van der Waals surface area contributed by atoms with E-state index in [1.807, 2.05) is 36.7 Å². The maximum Gasteiger partial charge on any atom is 0.132 e. The molecule has 0 fully saturated rings. The average Bonchev–Trinajstić information content (AvgIpc) is 2.95. The first-order chi connectivity index (χ1) is 11.1. The average molecular weight is 305 g/mol. The first-order valence-corrected chi connectivity index (χ1v) is 7.69. The van der Waals surface area contributed by atoms with E-state index in [2.05, 4.69) is 34.3 Å². The highest BCUT2D eigenvalue weighted by molar-refractivity contribution is 5.78. The van der Waals surface area contributed by atoms with Gasteiger partial charge in [0.25, 0.3) is 0 Å². The number of imidazole rings is 1. The Morgan fingerprint density at radius 3 is 2.87 bits per heavy atom. The van der Waals surface area contributed by atoms with Crippen molar-refractivity contribution in [1.82, 2.24) is 14.5 Å². The minimum Gasteiger partial charge on any atom is -0.340 e. The van der Waals surface area contributed by atoms with Crippen LogP contribution in [0.3, 0.4) is 0 Å². The van der Waals surface area contributed by atoms with E-state index < -0.39 is 0 Å². The maximum atomic E-state index is 9.08. The third kappa shape index (κ3) is 2.88. The van der Waals surface area contributed by atoms with Crippen LogP contribution in [0, 0.1) is 11.3 Å². The minimum absolute atomic E-state index is 0.0988. The Hall–Kier alpha value is -2.87. The zero-order valence-corrected chi connectivity index (χ0v) is 13.5. The summed E-state index contributed by atoms with van der Waals surface area (Å²) in [5.41, 5.74) is 5.17. The van der Waals surface area contributed by atoms with Gasteiger partial charge in [-0.3, -0.25) is 0 Å². The number of nitriles is 1. The molecule has 2 heterocycles. The third-order valence-electron chi connectivity index (χ3n) is 4.08. The topological polar surface area (TPSA) is 66.5 Å². The van der Waals surface area contributed by atoms with E-state index in [9.17, 15) is 0 Å². The van der Waals surface area contributed by atoms with Gasteiger partial charge in [0.05, 0.1) is 30.0 Å². The molecule has 3 aromatic rings. The summed E-state index contributed by atoms with van der Waals surface area (Å²) in [6.07, 6.45) is 4.45. The van der Waals surface area contributed by atoms with Crippen LogP contribution in [-0.4, -0.2) is 14.5 Å². The molecule has 1 aromatic carbocycles. The van der Waals surface area contributed by atoms with Crippen LogP contribution in [0.5, 0.6) is 0 Å². The fourth-order valence-corrected chi connectivity index (χ4v) is 2.61. The lowest BCUT2D eigenvalue weighted by atomic mass is 9.98. The Labute approximate surface area is 135 Å². The van der Waals surface area contributed by atoms with Crippen molar-refractivity contribution >= 4 is 22.5 Å². The lowest BCUT2D eigenvalue weighted by molar-refractivity contribution is 0.947. The number of nitrogens with zero attached hydrogens (tertiary/aromatic N) is 4. The highest BCUT2D eigenvalue weighted by Gasteiger charge is 2.09. The van der Waals surface area contributed by atoms with Crippen molar-refractivity contribution in [2.45, 2.75) is 26.2 Å². The van der Waals surface area contributed by atoms with E-state index in [0.29, 0.717) is 0 Å². The Morgan fingerprint density at radius 2 is 2.13 bits per heavy atom. The number of nitrogens with one attached hydrogen (secondary N) is 1. The van der Waals surface area contributed by atoms with Crippen LogP contribution in [0.15, 0.2) is 36.8 Å². The maximum absolute atomic E-state index is 9.08. The van der Waals surface area contributed by atoms with Gasteiger partial charge in [0.15, 0.2) is 0 Å². The van der Waals surface area contributed by atoms with Crippen molar-refractivity contribution in [3.05, 3.63) is 47.9 Å². The molecule has 5 nitrogen and oxygen atoms in total. The molecule has 2 aromatic heterocycles. The summed E-state index contributed by atoms with van der Waals surface area (Å²) < 4.78 is 1.97. The molecule has 0 bridgehead atoms. The van der Waals surface area contributed by atoms with Gasteiger partial charge in [-0.1, -0.05) is 19.1 Å². The molecule has 0 spiro atoms. The van der Waals surface area contributed by atoms with Gasteiger partial charge in [0, 0.05) is 18.8 Å². The lowest BCUT2D eigenvalue weighted by Crippen LogP contribution is -2.00. The van der Waals surface area contributed by atoms with E-state index in [0.717, 1.165) is 34.5 Å². The summed E-state index contributed by atoms with van der Waals surface area (Å²) in [6.45, 7) is 4.03. The molecule has 23 heavy (non-hydrogen) atoms. The number of aromatic nitrogens is 3. The SMILES string of the molecule is CCc1cc(C(C)C#N)ccc1Nc1cc2c(cn1)ncn2C. The van der Waals surface area contributed by atoms with Gasteiger partial charge in [0.2, 0.25) is 0 Å². The molecule has 0 aliphatic rings. The van der Waals surface area contributed by atoms with Crippen LogP contribution in [-0.2, 0) is 13.5 Å². The summed E-state index contributed by atoms with van der Waals surface area (Å²) >= 11 is 0. The number of hydrogen-bond donors (Lipinski definition) is 1. The summed E-state index contributed by atoms with van der Waals surface area (Å²) in [4.78, 5) is 8.71. The second-order valence-corrected chi connectivity index (χ2v) is 5.66. The lowest BCUT2D eigenvalue weighted by Gasteiger charge is -2.13. The Balaban J connectivity index is 1.94. The predicted octanol–water partition coefficient (Wildman–Crippen LogP) is 3.90. The Bertz CT molecular complexity index is 888. The third-order valence-corrected chi connectivity index (χ3v) is 4.08. The van der Waals surface area contributed by atoms with Crippen LogP contribution in [0.4, 0.5) is 11.5 Å². The number of aryl methyl sites for hydroxylation is 2. The van der Waals surface area contributed by atoms with Crippen molar-refractivity contribution in [3.63, 3.8) is 0 Å². The fraction of sp³-hybridized carbons (Fsp3) is 0.278. The number of pyridine rings is 1. The number of rotatable bonds is 4. The van der Waals surface area contributed by atoms with E-state index in [-0.39, 0.29) is 5.92 Å². The molecule has 1 N–H and O–H groups in total. The molecule has 0 saturated heterocycles. The van der Waals surface area contributed by atoms with Crippen LogP contribution >= 0.6 is 0 Å². The van der Waals surface area contributed by atoms with Crippen molar-refractivity contribution in [2.75, 3.05) is 5.32 Å². The normalized spacial score (nSPS) is 12.1. The van der Waals surface area contributed by atoms with Crippen molar-refractivity contribution in [3.8, 4) is 6.07 Å².